The van der Waals surface area contributed by atoms with Crippen LogP contribution in [0.5, 0.6) is 0 Å². The average Bonchev–Trinajstić information content (AvgIpc) is 2.48. The average molecular weight is 284 g/mol. The lowest BCUT2D eigenvalue weighted by molar-refractivity contribution is -0.146. The molecule has 2 aliphatic rings. The van der Waals surface area contributed by atoms with Gasteiger partial charge in [0.15, 0.2) is 0 Å². The second-order valence-corrected chi connectivity index (χ2v) is 5.90. The van der Waals surface area contributed by atoms with Crippen molar-refractivity contribution in [1.29, 1.82) is 0 Å². The number of carboxylic acids is 1. The molecule has 1 atom stereocenters. The molecule has 0 spiro atoms. The van der Waals surface area contributed by atoms with E-state index >= 15 is 0 Å². The van der Waals surface area contributed by atoms with E-state index in [-0.39, 0.29) is 18.7 Å². The molecule has 20 heavy (non-hydrogen) atoms. The largest absolute Gasteiger partial charge is 0.480 e. The fourth-order valence-corrected chi connectivity index (χ4v) is 3.28. The number of urea groups is 1. The Kier molecular flexibility index (Phi) is 4.86. The summed E-state index contributed by atoms with van der Waals surface area (Å²) in [7, 11) is 0. The minimum Gasteiger partial charge on any atom is -0.480 e. The van der Waals surface area contributed by atoms with Crippen LogP contribution in [0.2, 0.25) is 0 Å². The highest BCUT2D eigenvalue weighted by atomic mass is 16.4. The Morgan fingerprint density at radius 2 is 1.85 bits per heavy atom. The molecule has 3 N–H and O–H groups in total. The standard InChI is InChI=1S/C14H24N2O4/c17-10-11-6-2-5-9-16(11)13(20)15-14(12(18)19)7-3-1-4-8-14/h11,17H,1-10H2,(H,15,20)(H,18,19). The minimum absolute atomic E-state index is 0.0620. The van der Waals surface area contributed by atoms with Crippen LogP contribution >= 0.6 is 0 Å². The lowest BCUT2D eigenvalue weighted by atomic mass is 9.82. The molecule has 2 amide bonds. The number of carbonyl (C=O) groups excluding carboxylic acids is 1. The fraction of sp³-hybridized carbons (Fsp3) is 0.857. The van der Waals surface area contributed by atoms with Gasteiger partial charge in [0.25, 0.3) is 0 Å². The van der Waals surface area contributed by atoms with E-state index in [1.54, 1.807) is 4.90 Å². The van der Waals surface area contributed by atoms with Crippen molar-refractivity contribution in [2.45, 2.75) is 62.9 Å². The minimum atomic E-state index is -1.12. The Bertz CT molecular complexity index is 366. The Hall–Kier alpha value is -1.30. The molecular weight excluding hydrogens is 260 g/mol. The van der Waals surface area contributed by atoms with Gasteiger partial charge >= 0.3 is 12.0 Å². The third-order valence-corrected chi connectivity index (χ3v) is 4.56. The Balaban J connectivity index is 2.05. The summed E-state index contributed by atoms with van der Waals surface area (Å²) in [5.41, 5.74) is -1.12. The number of aliphatic carboxylic acids is 1. The van der Waals surface area contributed by atoms with E-state index < -0.39 is 11.5 Å². The zero-order valence-electron chi connectivity index (χ0n) is 11.8. The third-order valence-electron chi connectivity index (χ3n) is 4.56. The van der Waals surface area contributed by atoms with Crippen molar-refractivity contribution in [2.75, 3.05) is 13.2 Å². The zero-order chi connectivity index (χ0) is 14.6. The van der Waals surface area contributed by atoms with Gasteiger partial charge in [-0.3, -0.25) is 0 Å². The van der Waals surface area contributed by atoms with Crippen molar-refractivity contribution < 1.29 is 19.8 Å². The third kappa shape index (κ3) is 3.06. The maximum atomic E-state index is 12.4. The van der Waals surface area contributed by atoms with Gasteiger partial charge in [-0.2, -0.15) is 0 Å². The molecular formula is C14H24N2O4. The summed E-state index contributed by atoms with van der Waals surface area (Å²) >= 11 is 0. The van der Waals surface area contributed by atoms with Crippen LogP contribution in [0.4, 0.5) is 4.79 Å². The van der Waals surface area contributed by atoms with Gasteiger partial charge in [0.05, 0.1) is 12.6 Å². The number of hydrogen-bond acceptors (Lipinski definition) is 3. The second kappa shape index (κ2) is 6.43. The number of nitrogens with zero attached hydrogens (tertiary/aromatic N) is 1. The molecule has 114 valence electrons. The summed E-state index contributed by atoms with van der Waals surface area (Å²) in [6, 6.07) is -0.522. The Morgan fingerprint density at radius 1 is 1.15 bits per heavy atom. The Labute approximate surface area is 119 Å². The molecule has 2 fully saturated rings. The molecule has 1 saturated carbocycles. The lowest BCUT2D eigenvalue weighted by Crippen LogP contribution is -2.61. The molecule has 1 aliphatic carbocycles. The number of aliphatic hydroxyl groups is 1. The van der Waals surface area contributed by atoms with Gasteiger partial charge in [-0.1, -0.05) is 19.3 Å². The number of carboxylic acid groups (broad SMARTS) is 1. The van der Waals surface area contributed by atoms with E-state index in [0.717, 1.165) is 38.5 Å². The van der Waals surface area contributed by atoms with E-state index in [2.05, 4.69) is 5.32 Å². The summed E-state index contributed by atoms with van der Waals surface area (Å²) in [4.78, 5) is 25.5. The van der Waals surface area contributed by atoms with Crippen molar-refractivity contribution in [3.8, 4) is 0 Å². The number of rotatable bonds is 3. The fourth-order valence-electron chi connectivity index (χ4n) is 3.28. The summed E-state index contributed by atoms with van der Waals surface area (Å²) < 4.78 is 0. The molecule has 1 unspecified atom stereocenters. The molecule has 2 rings (SSSR count). The Morgan fingerprint density at radius 3 is 2.45 bits per heavy atom. The highest BCUT2D eigenvalue weighted by Crippen LogP contribution is 2.29. The summed E-state index contributed by atoms with van der Waals surface area (Å²) in [5, 5.41) is 21.6. The molecule has 0 aromatic carbocycles. The quantitative estimate of drug-likeness (QED) is 0.729. The van der Waals surface area contributed by atoms with Gasteiger partial charge in [-0.05, 0) is 32.1 Å². The van der Waals surface area contributed by atoms with Crippen LogP contribution in [0.3, 0.4) is 0 Å². The van der Waals surface area contributed by atoms with Crippen molar-refractivity contribution in [3.05, 3.63) is 0 Å². The lowest BCUT2D eigenvalue weighted by Gasteiger charge is -2.39. The first-order valence-corrected chi connectivity index (χ1v) is 7.52. The maximum Gasteiger partial charge on any atom is 0.329 e. The predicted octanol–water partition coefficient (Wildman–Crippen LogP) is 1.33. The van der Waals surface area contributed by atoms with Crippen LogP contribution in [0.15, 0.2) is 0 Å². The van der Waals surface area contributed by atoms with Gasteiger partial charge in [-0.15, -0.1) is 0 Å². The highest BCUT2D eigenvalue weighted by molar-refractivity contribution is 5.86. The smallest absolute Gasteiger partial charge is 0.329 e. The van der Waals surface area contributed by atoms with E-state index in [4.69, 9.17) is 0 Å². The second-order valence-electron chi connectivity index (χ2n) is 5.90. The van der Waals surface area contributed by atoms with E-state index in [0.29, 0.717) is 19.4 Å². The molecule has 6 nitrogen and oxygen atoms in total. The number of piperidine rings is 1. The van der Waals surface area contributed by atoms with Gasteiger partial charge in [0, 0.05) is 6.54 Å². The number of hydrogen-bond donors (Lipinski definition) is 3. The van der Waals surface area contributed by atoms with Crippen LogP contribution < -0.4 is 5.32 Å². The van der Waals surface area contributed by atoms with Gasteiger partial charge in [0.1, 0.15) is 5.54 Å². The first-order valence-electron chi connectivity index (χ1n) is 7.52. The molecule has 1 aliphatic heterocycles. The molecule has 0 aromatic rings. The molecule has 0 radical (unpaired) electrons. The first kappa shape index (κ1) is 15.1. The topological polar surface area (TPSA) is 89.9 Å². The van der Waals surface area contributed by atoms with Crippen molar-refractivity contribution in [2.24, 2.45) is 0 Å². The summed E-state index contributed by atoms with van der Waals surface area (Å²) in [6.45, 7) is 0.528. The van der Waals surface area contributed by atoms with Crippen molar-refractivity contribution >= 4 is 12.0 Å². The molecule has 0 bridgehead atoms. The number of amides is 2. The van der Waals surface area contributed by atoms with E-state index in [1.807, 2.05) is 0 Å². The van der Waals surface area contributed by atoms with Crippen molar-refractivity contribution in [3.63, 3.8) is 0 Å². The predicted molar refractivity (Wildman–Crippen MR) is 73.4 cm³/mol. The van der Waals surface area contributed by atoms with Gasteiger partial charge in [-0.25, -0.2) is 9.59 Å². The molecule has 1 heterocycles. The van der Waals surface area contributed by atoms with E-state index in [1.165, 1.54) is 0 Å². The SMILES string of the molecule is O=C(NC1(C(=O)O)CCCCC1)N1CCCCC1CO. The van der Waals surface area contributed by atoms with Crippen LogP contribution in [0.25, 0.3) is 0 Å². The summed E-state index contributed by atoms with van der Waals surface area (Å²) in [6.07, 6.45) is 6.35. The monoisotopic (exact) mass is 284 g/mol. The number of likely N-dealkylation sites (tertiary alicyclic amines) is 1. The molecule has 0 aromatic heterocycles. The van der Waals surface area contributed by atoms with Crippen LogP contribution in [0, 0.1) is 0 Å². The van der Waals surface area contributed by atoms with E-state index in [9.17, 15) is 19.8 Å². The number of aliphatic hydroxyl groups excluding tert-OH is 1. The molecule has 1 saturated heterocycles. The van der Waals surface area contributed by atoms with Crippen LogP contribution in [-0.4, -0.2) is 51.8 Å². The number of nitrogens with one attached hydrogen (secondary N) is 1. The van der Waals surface area contributed by atoms with Gasteiger partial charge < -0.3 is 20.4 Å². The van der Waals surface area contributed by atoms with Crippen LogP contribution in [-0.2, 0) is 4.79 Å². The van der Waals surface area contributed by atoms with Crippen molar-refractivity contribution in [1.82, 2.24) is 10.2 Å². The van der Waals surface area contributed by atoms with Gasteiger partial charge in [0.2, 0.25) is 0 Å². The number of carbonyl (C=O) groups is 2. The van der Waals surface area contributed by atoms with Crippen LogP contribution in [0.1, 0.15) is 51.4 Å². The maximum absolute atomic E-state index is 12.4. The zero-order valence-corrected chi connectivity index (χ0v) is 11.8. The highest BCUT2D eigenvalue weighted by Gasteiger charge is 2.42. The normalized spacial score (nSPS) is 26.1. The summed E-state index contributed by atoms with van der Waals surface area (Å²) in [5.74, 6) is -0.942. The molecule has 6 heteroatoms. The first-order chi connectivity index (χ1) is 9.59.